The molecule has 6 nitrogen and oxygen atoms in total. The van der Waals surface area contributed by atoms with Crippen molar-refractivity contribution in [3.63, 3.8) is 0 Å². The van der Waals surface area contributed by atoms with Gasteiger partial charge < -0.3 is 9.47 Å². The number of esters is 1. The molecular formula is C17H14N2O4S. The van der Waals surface area contributed by atoms with Crippen LogP contribution < -0.4 is 10.1 Å². The second-order valence-electron chi connectivity index (χ2n) is 4.88. The Morgan fingerprint density at radius 1 is 1.08 bits per heavy atom. The number of carbonyl (C=O) groups is 2. The van der Waals surface area contributed by atoms with Crippen LogP contribution in [-0.4, -0.2) is 31.1 Å². The molecule has 0 atom stereocenters. The minimum atomic E-state index is -0.489. The summed E-state index contributed by atoms with van der Waals surface area (Å²) in [6, 6.07) is 11.8. The second-order valence-corrected chi connectivity index (χ2v) is 5.91. The van der Waals surface area contributed by atoms with Crippen molar-refractivity contribution < 1.29 is 19.1 Å². The van der Waals surface area contributed by atoms with E-state index in [1.54, 1.807) is 25.3 Å². The third kappa shape index (κ3) is 3.21. The molecule has 0 unspecified atom stereocenters. The molecule has 0 aliphatic rings. The summed E-state index contributed by atoms with van der Waals surface area (Å²) in [6.07, 6.45) is 0. The number of aromatic nitrogens is 1. The summed E-state index contributed by atoms with van der Waals surface area (Å²) in [7, 11) is 2.89. The van der Waals surface area contributed by atoms with Gasteiger partial charge >= 0.3 is 5.97 Å². The highest BCUT2D eigenvalue weighted by Gasteiger charge is 2.13. The summed E-state index contributed by atoms with van der Waals surface area (Å²) in [6.45, 7) is 0. The largest absolute Gasteiger partial charge is 0.497 e. The zero-order valence-electron chi connectivity index (χ0n) is 13.0. The van der Waals surface area contributed by atoms with Gasteiger partial charge in [0.05, 0.1) is 30.0 Å². The Kier molecular flexibility index (Phi) is 4.43. The lowest BCUT2D eigenvalue weighted by molar-refractivity contribution is 0.0600. The lowest BCUT2D eigenvalue weighted by Crippen LogP contribution is -2.12. The molecule has 0 bridgehead atoms. The molecule has 0 aliphatic carbocycles. The zero-order chi connectivity index (χ0) is 17.1. The number of amides is 1. The van der Waals surface area contributed by atoms with Crippen LogP contribution in [0.25, 0.3) is 10.2 Å². The van der Waals surface area contributed by atoms with Crippen LogP contribution >= 0.6 is 11.3 Å². The van der Waals surface area contributed by atoms with Crippen LogP contribution in [0.2, 0.25) is 0 Å². The topological polar surface area (TPSA) is 77.5 Å². The van der Waals surface area contributed by atoms with Crippen molar-refractivity contribution in [2.45, 2.75) is 0 Å². The molecule has 0 fully saturated rings. The Labute approximate surface area is 142 Å². The summed E-state index contributed by atoms with van der Waals surface area (Å²) in [5.41, 5.74) is 1.45. The van der Waals surface area contributed by atoms with Gasteiger partial charge in [0, 0.05) is 5.56 Å². The second kappa shape index (κ2) is 6.67. The van der Waals surface area contributed by atoms with Crippen LogP contribution in [0.1, 0.15) is 20.7 Å². The van der Waals surface area contributed by atoms with Crippen molar-refractivity contribution in [3.8, 4) is 5.75 Å². The van der Waals surface area contributed by atoms with Gasteiger partial charge in [0.15, 0.2) is 5.13 Å². The number of hydrogen-bond donors (Lipinski definition) is 1. The molecule has 3 rings (SSSR count). The van der Waals surface area contributed by atoms with Crippen LogP contribution in [0.15, 0.2) is 42.5 Å². The SMILES string of the molecule is COC(=O)c1cccc(C(=O)Nc2nc3ccc(OC)cc3s2)c1. The van der Waals surface area contributed by atoms with E-state index in [0.29, 0.717) is 16.3 Å². The average molecular weight is 342 g/mol. The molecule has 122 valence electrons. The van der Waals surface area contributed by atoms with Crippen molar-refractivity contribution in [1.82, 2.24) is 4.98 Å². The average Bonchev–Trinajstić information content (AvgIpc) is 3.02. The molecule has 1 aromatic heterocycles. The van der Waals surface area contributed by atoms with Crippen molar-refractivity contribution in [2.24, 2.45) is 0 Å². The number of hydrogen-bond acceptors (Lipinski definition) is 6. The van der Waals surface area contributed by atoms with E-state index in [-0.39, 0.29) is 5.91 Å². The molecule has 1 N–H and O–H groups in total. The number of fused-ring (bicyclic) bond motifs is 1. The minimum absolute atomic E-state index is 0.319. The van der Waals surface area contributed by atoms with E-state index in [4.69, 9.17) is 4.74 Å². The number of rotatable bonds is 4. The monoisotopic (exact) mass is 342 g/mol. The highest BCUT2D eigenvalue weighted by molar-refractivity contribution is 7.22. The summed E-state index contributed by atoms with van der Waals surface area (Å²) in [5, 5.41) is 3.22. The molecule has 0 aliphatic heterocycles. The fourth-order valence-corrected chi connectivity index (χ4v) is 3.05. The molecule has 7 heteroatoms. The van der Waals surface area contributed by atoms with E-state index in [2.05, 4.69) is 15.0 Å². The zero-order valence-corrected chi connectivity index (χ0v) is 13.8. The molecule has 0 saturated carbocycles. The Morgan fingerprint density at radius 2 is 1.88 bits per heavy atom. The summed E-state index contributed by atoms with van der Waals surface area (Å²) >= 11 is 1.35. The molecule has 0 radical (unpaired) electrons. The van der Waals surface area contributed by atoms with Gasteiger partial charge in [0.1, 0.15) is 5.75 Å². The summed E-state index contributed by atoms with van der Waals surface area (Å²) in [5.74, 6) is -0.0988. The van der Waals surface area contributed by atoms with Crippen LogP contribution in [0.4, 0.5) is 5.13 Å². The van der Waals surface area contributed by atoms with Gasteiger partial charge in [0.25, 0.3) is 5.91 Å². The normalized spacial score (nSPS) is 10.4. The van der Waals surface area contributed by atoms with Crippen LogP contribution in [0.5, 0.6) is 5.75 Å². The van der Waals surface area contributed by atoms with Gasteiger partial charge in [-0.05, 0) is 36.4 Å². The summed E-state index contributed by atoms with van der Waals surface area (Å²) < 4.78 is 10.7. The van der Waals surface area contributed by atoms with Crippen molar-refractivity contribution in [3.05, 3.63) is 53.6 Å². The van der Waals surface area contributed by atoms with Crippen LogP contribution in [0.3, 0.4) is 0 Å². The van der Waals surface area contributed by atoms with Crippen LogP contribution in [-0.2, 0) is 4.74 Å². The van der Waals surface area contributed by atoms with Gasteiger partial charge in [-0.25, -0.2) is 9.78 Å². The first-order chi connectivity index (χ1) is 11.6. The quantitative estimate of drug-likeness (QED) is 0.736. The predicted octanol–water partition coefficient (Wildman–Crippen LogP) is 3.34. The fourth-order valence-electron chi connectivity index (χ4n) is 2.16. The standard InChI is InChI=1S/C17H14N2O4S/c1-22-12-6-7-13-14(9-12)24-17(18-13)19-15(20)10-4-3-5-11(8-10)16(21)23-2/h3-9H,1-2H3,(H,18,19,20). The smallest absolute Gasteiger partial charge is 0.337 e. The van der Waals surface area contributed by atoms with Crippen LogP contribution in [0, 0.1) is 0 Å². The molecule has 0 spiro atoms. The van der Waals surface area contributed by atoms with E-state index in [1.165, 1.54) is 24.5 Å². The van der Waals surface area contributed by atoms with Gasteiger partial charge in [-0.2, -0.15) is 0 Å². The van der Waals surface area contributed by atoms with Crippen molar-refractivity contribution in [1.29, 1.82) is 0 Å². The Bertz CT molecular complexity index is 920. The van der Waals surface area contributed by atoms with E-state index < -0.39 is 5.97 Å². The van der Waals surface area contributed by atoms with Crippen molar-refractivity contribution >= 4 is 38.6 Å². The number of benzene rings is 2. The molecule has 2 aromatic carbocycles. The van der Waals surface area contributed by atoms with Gasteiger partial charge in [0.2, 0.25) is 0 Å². The summed E-state index contributed by atoms with van der Waals surface area (Å²) in [4.78, 5) is 28.3. The van der Waals surface area contributed by atoms with E-state index in [1.807, 2.05) is 18.2 Å². The lowest BCUT2D eigenvalue weighted by Gasteiger charge is -2.03. The Morgan fingerprint density at radius 3 is 2.62 bits per heavy atom. The minimum Gasteiger partial charge on any atom is -0.497 e. The maximum atomic E-state index is 12.4. The number of thiazole rings is 1. The fraction of sp³-hybridized carbons (Fsp3) is 0.118. The van der Waals surface area contributed by atoms with E-state index in [0.717, 1.165) is 16.0 Å². The molecule has 1 amide bonds. The van der Waals surface area contributed by atoms with E-state index >= 15 is 0 Å². The van der Waals surface area contributed by atoms with Crippen molar-refractivity contribution in [2.75, 3.05) is 19.5 Å². The number of nitrogens with one attached hydrogen (secondary N) is 1. The number of nitrogens with zero attached hydrogens (tertiary/aromatic N) is 1. The number of ether oxygens (including phenoxy) is 2. The van der Waals surface area contributed by atoms with E-state index in [9.17, 15) is 9.59 Å². The third-order valence-corrected chi connectivity index (χ3v) is 4.30. The Balaban J connectivity index is 1.83. The maximum Gasteiger partial charge on any atom is 0.337 e. The number of carbonyl (C=O) groups excluding carboxylic acids is 2. The van der Waals surface area contributed by atoms with Gasteiger partial charge in [-0.3, -0.25) is 10.1 Å². The van der Waals surface area contributed by atoms with Gasteiger partial charge in [-0.1, -0.05) is 17.4 Å². The highest BCUT2D eigenvalue weighted by atomic mass is 32.1. The first-order valence-corrected chi connectivity index (χ1v) is 7.86. The first kappa shape index (κ1) is 15.9. The molecular weight excluding hydrogens is 328 g/mol. The first-order valence-electron chi connectivity index (χ1n) is 7.05. The number of anilines is 1. The molecule has 24 heavy (non-hydrogen) atoms. The lowest BCUT2D eigenvalue weighted by atomic mass is 10.1. The predicted molar refractivity (Wildman–Crippen MR) is 91.9 cm³/mol. The maximum absolute atomic E-state index is 12.4. The van der Waals surface area contributed by atoms with Gasteiger partial charge in [-0.15, -0.1) is 0 Å². The molecule has 3 aromatic rings. The highest BCUT2D eigenvalue weighted by Crippen LogP contribution is 2.29. The Hall–Kier alpha value is -2.93. The third-order valence-electron chi connectivity index (χ3n) is 3.36. The molecule has 0 saturated heterocycles. The molecule has 1 heterocycles. The number of methoxy groups -OCH3 is 2.